The summed E-state index contributed by atoms with van der Waals surface area (Å²) in [6, 6.07) is 7.87. The summed E-state index contributed by atoms with van der Waals surface area (Å²) in [5.74, 6) is 1.10. The van der Waals surface area contributed by atoms with Gasteiger partial charge in [-0.05, 0) is 51.3 Å². The minimum absolute atomic E-state index is 0.463. The number of nitrogens with one attached hydrogen (secondary N) is 1. The molecule has 0 spiro atoms. The average molecular weight is 243 g/mol. The van der Waals surface area contributed by atoms with E-state index < -0.39 is 0 Å². The van der Waals surface area contributed by atoms with E-state index in [4.69, 9.17) is 0 Å². The minimum Gasteiger partial charge on any atom is -0.326 e. The van der Waals surface area contributed by atoms with Crippen molar-refractivity contribution in [3.8, 4) is 0 Å². The maximum absolute atomic E-state index is 4.67. The molecule has 1 aromatic carbocycles. The number of benzene rings is 1. The molecule has 1 aliphatic rings. The van der Waals surface area contributed by atoms with Crippen LogP contribution in [0.5, 0.6) is 0 Å². The fourth-order valence-corrected chi connectivity index (χ4v) is 2.58. The van der Waals surface area contributed by atoms with Gasteiger partial charge in [0.05, 0.1) is 11.0 Å². The van der Waals surface area contributed by atoms with Crippen molar-refractivity contribution in [1.29, 1.82) is 0 Å². The lowest BCUT2D eigenvalue weighted by Gasteiger charge is -2.10. The summed E-state index contributed by atoms with van der Waals surface area (Å²) >= 11 is 0. The molecule has 0 aliphatic heterocycles. The van der Waals surface area contributed by atoms with Crippen molar-refractivity contribution in [2.24, 2.45) is 0 Å². The molecule has 1 fully saturated rings. The minimum atomic E-state index is 0.463. The van der Waals surface area contributed by atoms with Crippen LogP contribution in [0.2, 0.25) is 0 Å². The molecule has 0 radical (unpaired) electrons. The number of fused-ring (bicyclic) bond motifs is 1. The van der Waals surface area contributed by atoms with Crippen molar-refractivity contribution in [2.75, 3.05) is 0 Å². The summed E-state index contributed by atoms with van der Waals surface area (Å²) in [4.78, 5) is 4.67. The number of nitrogens with zero attached hydrogens (tertiary/aromatic N) is 2. The number of imidazole rings is 1. The van der Waals surface area contributed by atoms with Crippen LogP contribution in [0.25, 0.3) is 11.0 Å². The van der Waals surface area contributed by atoms with Crippen molar-refractivity contribution in [3.63, 3.8) is 0 Å². The first-order valence-corrected chi connectivity index (χ1v) is 6.86. The third-order valence-corrected chi connectivity index (χ3v) is 3.62. The highest BCUT2D eigenvalue weighted by molar-refractivity contribution is 5.77. The predicted molar refractivity (Wildman–Crippen MR) is 74.7 cm³/mol. The maximum Gasteiger partial charge on any atom is 0.106 e. The van der Waals surface area contributed by atoms with Crippen molar-refractivity contribution in [2.45, 2.75) is 52.2 Å². The molecule has 1 heterocycles. The lowest BCUT2D eigenvalue weighted by Crippen LogP contribution is -2.15. The van der Waals surface area contributed by atoms with Gasteiger partial charge in [-0.1, -0.05) is 6.07 Å². The Kier molecular flexibility index (Phi) is 2.86. The third kappa shape index (κ3) is 2.15. The summed E-state index contributed by atoms with van der Waals surface area (Å²) in [5, 5.41) is 3.55. The van der Waals surface area contributed by atoms with E-state index in [0.717, 1.165) is 23.9 Å². The van der Waals surface area contributed by atoms with Crippen LogP contribution in [0.4, 0.5) is 0 Å². The highest BCUT2D eigenvalue weighted by Gasteiger charge is 2.20. The molecule has 0 amide bonds. The highest BCUT2D eigenvalue weighted by atomic mass is 15.1. The largest absolute Gasteiger partial charge is 0.326 e. The van der Waals surface area contributed by atoms with Crippen LogP contribution in [0.1, 0.15) is 44.1 Å². The lowest BCUT2D eigenvalue weighted by molar-refractivity contribution is 0.600. The second-order valence-electron chi connectivity index (χ2n) is 5.60. The zero-order chi connectivity index (χ0) is 12.7. The summed E-state index contributed by atoms with van der Waals surface area (Å²) in [7, 11) is 0. The zero-order valence-corrected chi connectivity index (χ0v) is 11.4. The maximum atomic E-state index is 4.67. The molecule has 1 aromatic heterocycles. The number of hydrogen-bond acceptors (Lipinski definition) is 2. The molecule has 18 heavy (non-hydrogen) atoms. The fourth-order valence-electron chi connectivity index (χ4n) is 2.58. The molecule has 0 unspecified atom stereocenters. The molecule has 1 saturated carbocycles. The normalized spacial score (nSPS) is 15.8. The fraction of sp³-hybridized carbons (Fsp3) is 0.533. The molecule has 2 aromatic rings. The Morgan fingerprint density at radius 2 is 2.17 bits per heavy atom. The van der Waals surface area contributed by atoms with E-state index in [2.05, 4.69) is 53.8 Å². The van der Waals surface area contributed by atoms with E-state index in [9.17, 15) is 0 Å². The first kappa shape index (κ1) is 11.7. The van der Waals surface area contributed by atoms with E-state index in [1.165, 1.54) is 23.9 Å². The van der Waals surface area contributed by atoms with Gasteiger partial charge in [0.15, 0.2) is 0 Å². The van der Waals surface area contributed by atoms with Gasteiger partial charge >= 0.3 is 0 Å². The van der Waals surface area contributed by atoms with E-state index in [0.29, 0.717) is 6.04 Å². The van der Waals surface area contributed by atoms with Crippen LogP contribution in [0, 0.1) is 6.92 Å². The Hall–Kier alpha value is -1.35. The predicted octanol–water partition coefficient (Wildman–Crippen LogP) is 3.18. The molecule has 1 aliphatic carbocycles. The van der Waals surface area contributed by atoms with Crippen LogP contribution in [-0.2, 0) is 6.54 Å². The summed E-state index contributed by atoms with van der Waals surface area (Å²) in [5.41, 5.74) is 3.71. The van der Waals surface area contributed by atoms with E-state index in [1.807, 2.05) is 0 Å². The second-order valence-corrected chi connectivity index (χ2v) is 5.60. The Morgan fingerprint density at radius 1 is 1.39 bits per heavy atom. The molecule has 0 saturated heterocycles. The van der Waals surface area contributed by atoms with Gasteiger partial charge in [0, 0.05) is 18.6 Å². The molecular weight excluding hydrogens is 222 g/mol. The van der Waals surface area contributed by atoms with Crippen LogP contribution in [0.3, 0.4) is 0 Å². The van der Waals surface area contributed by atoms with Crippen molar-refractivity contribution in [1.82, 2.24) is 14.9 Å². The molecule has 3 heteroatoms. The van der Waals surface area contributed by atoms with E-state index >= 15 is 0 Å². The number of aromatic nitrogens is 2. The van der Waals surface area contributed by atoms with Crippen LogP contribution >= 0.6 is 0 Å². The monoisotopic (exact) mass is 243 g/mol. The van der Waals surface area contributed by atoms with Gasteiger partial charge in [0.2, 0.25) is 0 Å². The summed E-state index contributed by atoms with van der Waals surface area (Å²) < 4.78 is 2.30. The highest BCUT2D eigenvalue weighted by Crippen LogP contribution is 2.23. The van der Waals surface area contributed by atoms with Crippen LogP contribution < -0.4 is 5.32 Å². The van der Waals surface area contributed by atoms with Crippen molar-refractivity contribution < 1.29 is 0 Å². The molecule has 3 nitrogen and oxygen atoms in total. The Labute approximate surface area is 108 Å². The quantitative estimate of drug-likeness (QED) is 0.893. The molecule has 3 rings (SSSR count). The molecule has 0 atom stereocenters. The van der Waals surface area contributed by atoms with Gasteiger partial charge in [-0.15, -0.1) is 0 Å². The standard InChI is InChI=1S/C15H21N3/c1-10(2)18-11(3)17-14-8-12(4-7-15(14)18)9-16-13-5-6-13/h4,7-8,10,13,16H,5-6,9H2,1-3H3. The number of hydrogen-bond donors (Lipinski definition) is 1. The Morgan fingerprint density at radius 3 is 2.83 bits per heavy atom. The summed E-state index contributed by atoms with van der Waals surface area (Å²) in [6.07, 6.45) is 2.67. The number of rotatable bonds is 4. The topological polar surface area (TPSA) is 29.9 Å². The smallest absolute Gasteiger partial charge is 0.106 e. The molecule has 0 bridgehead atoms. The van der Waals surface area contributed by atoms with Gasteiger partial charge in [-0.2, -0.15) is 0 Å². The molecular formula is C15H21N3. The van der Waals surface area contributed by atoms with E-state index in [-0.39, 0.29) is 0 Å². The molecule has 96 valence electrons. The van der Waals surface area contributed by atoms with Gasteiger partial charge in [-0.3, -0.25) is 0 Å². The SMILES string of the molecule is Cc1nc2cc(CNC3CC3)ccc2n1C(C)C. The van der Waals surface area contributed by atoms with Gasteiger partial charge in [0.25, 0.3) is 0 Å². The van der Waals surface area contributed by atoms with Gasteiger partial charge in [-0.25, -0.2) is 4.98 Å². The Bertz CT molecular complexity index is 564. The lowest BCUT2D eigenvalue weighted by atomic mass is 10.2. The molecule has 1 N–H and O–H groups in total. The van der Waals surface area contributed by atoms with Crippen molar-refractivity contribution in [3.05, 3.63) is 29.6 Å². The van der Waals surface area contributed by atoms with Gasteiger partial charge < -0.3 is 9.88 Å². The summed E-state index contributed by atoms with van der Waals surface area (Å²) in [6.45, 7) is 7.46. The first-order valence-electron chi connectivity index (χ1n) is 6.86. The van der Waals surface area contributed by atoms with Crippen LogP contribution in [-0.4, -0.2) is 15.6 Å². The first-order chi connectivity index (χ1) is 8.65. The number of aryl methyl sites for hydroxylation is 1. The van der Waals surface area contributed by atoms with E-state index in [1.54, 1.807) is 0 Å². The third-order valence-electron chi connectivity index (χ3n) is 3.62. The second kappa shape index (κ2) is 4.39. The van der Waals surface area contributed by atoms with Crippen molar-refractivity contribution >= 4 is 11.0 Å². The van der Waals surface area contributed by atoms with Crippen LogP contribution in [0.15, 0.2) is 18.2 Å². The van der Waals surface area contributed by atoms with Gasteiger partial charge in [0.1, 0.15) is 5.82 Å². The Balaban J connectivity index is 1.91. The average Bonchev–Trinajstić information content (AvgIpc) is 3.07. The zero-order valence-electron chi connectivity index (χ0n) is 11.4.